The fourth-order valence-electron chi connectivity index (χ4n) is 4.64. The number of likely N-dealkylation sites (N-methyl/N-ethyl adjacent to an activating group) is 1. The van der Waals surface area contributed by atoms with Crippen molar-refractivity contribution < 1.29 is 9.53 Å². The fraction of sp³-hybridized carbons (Fsp3) is 0.417. The number of amides is 1. The molecular weight excluding hydrogens is 484 g/mol. The van der Waals surface area contributed by atoms with Crippen LogP contribution in [0, 0.1) is 0 Å². The third-order valence-electron chi connectivity index (χ3n) is 6.67. The second-order valence-electron chi connectivity index (χ2n) is 8.94. The van der Waals surface area contributed by atoms with Crippen LogP contribution in [0.2, 0.25) is 5.02 Å². The van der Waals surface area contributed by atoms with E-state index in [1.54, 1.807) is 19.3 Å². The third-order valence-corrected chi connectivity index (χ3v) is 6.94. The van der Waals surface area contributed by atoms with Gasteiger partial charge in [-0.3, -0.25) is 14.5 Å². The molecule has 0 spiro atoms. The van der Waals surface area contributed by atoms with E-state index in [1.165, 1.54) is 11.6 Å². The molecular formula is C24H29ClN8O3. The van der Waals surface area contributed by atoms with Crippen LogP contribution in [0.4, 0.5) is 17.5 Å². The van der Waals surface area contributed by atoms with Crippen LogP contribution in [0.15, 0.2) is 35.3 Å². The summed E-state index contributed by atoms with van der Waals surface area (Å²) < 4.78 is 6.95. The molecule has 3 N–H and O–H groups in total. The van der Waals surface area contributed by atoms with Crippen LogP contribution in [-0.4, -0.2) is 84.3 Å². The number of rotatable bonds is 6. The van der Waals surface area contributed by atoms with Crippen LogP contribution in [-0.2, 0) is 11.8 Å². The number of carbonyl (C=O) groups excluding carboxylic acids is 1. The van der Waals surface area contributed by atoms with Gasteiger partial charge in [0.25, 0.3) is 11.5 Å². The summed E-state index contributed by atoms with van der Waals surface area (Å²) in [6, 6.07) is 7.66. The Hall–Kier alpha value is -3.41. The van der Waals surface area contributed by atoms with Gasteiger partial charge in [0.05, 0.1) is 11.7 Å². The summed E-state index contributed by atoms with van der Waals surface area (Å²) in [6.45, 7) is 5.53. The largest absolute Gasteiger partial charge is 0.478 e. The van der Waals surface area contributed by atoms with E-state index >= 15 is 0 Å². The maximum absolute atomic E-state index is 12.6. The van der Waals surface area contributed by atoms with Gasteiger partial charge in [0.1, 0.15) is 5.02 Å². The Morgan fingerprint density at radius 1 is 1.28 bits per heavy atom. The molecule has 2 fully saturated rings. The lowest BCUT2D eigenvalue weighted by Crippen LogP contribution is -2.61. The first-order valence-electron chi connectivity index (χ1n) is 11.9. The molecule has 2 saturated heterocycles. The Bertz CT molecular complexity index is 1350. The maximum atomic E-state index is 12.6. The summed E-state index contributed by atoms with van der Waals surface area (Å²) in [5.41, 5.74) is 1.15. The van der Waals surface area contributed by atoms with Gasteiger partial charge in [-0.05, 0) is 24.3 Å². The van der Waals surface area contributed by atoms with Crippen LogP contribution in [0.3, 0.4) is 0 Å². The van der Waals surface area contributed by atoms with E-state index in [0.717, 1.165) is 55.9 Å². The lowest BCUT2D eigenvalue weighted by atomic mass is 10.1. The van der Waals surface area contributed by atoms with Gasteiger partial charge in [0.15, 0.2) is 18.2 Å². The van der Waals surface area contributed by atoms with Gasteiger partial charge in [-0.2, -0.15) is 4.98 Å². The molecule has 1 amide bonds. The van der Waals surface area contributed by atoms with E-state index in [9.17, 15) is 9.59 Å². The van der Waals surface area contributed by atoms with Crippen LogP contribution in [0.5, 0.6) is 5.75 Å². The van der Waals surface area contributed by atoms with E-state index < -0.39 is 0 Å². The minimum Gasteiger partial charge on any atom is -0.478 e. The monoisotopic (exact) mass is 512 g/mol. The second kappa shape index (κ2) is 10.3. The molecule has 1 atom stereocenters. The molecule has 190 valence electrons. The normalized spacial score (nSPS) is 18.1. The third kappa shape index (κ3) is 4.95. The first-order chi connectivity index (χ1) is 17.4. The van der Waals surface area contributed by atoms with Crippen molar-refractivity contribution in [3.63, 3.8) is 0 Å². The number of carbonyl (C=O) groups is 1. The molecule has 0 aliphatic carbocycles. The van der Waals surface area contributed by atoms with Crippen molar-refractivity contribution in [2.45, 2.75) is 6.04 Å². The first kappa shape index (κ1) is 24.3. The Morgan fingerprint density at radius 2 is 2.14 bits per heavy atom. The van der Waals surface area contributed by atoms with Gasteiger partial charge in [-0.15, -0.1) is 0 Å². The molecule has 5 rings (SSSR count). The van der Waals surface area contributed by atoms with E-state index in [1.807, 2.05) is 18.2 Å². The molecule has 11 nitrogen and oxygen atoms in total. The van der Waals surface area contributed by atoms with E-state index in [0.29, 0.717) is 22.8 Å². The molecule has 2 aliphatic heterocycles. The SMILES string of the molecule is CNC(=O)COc1cc2cc(Nc3nc(N4CCN5CCNCC5C4)ncc3Cl)ccc2n(C)c1=O. The molecule has 0 radical (unpaired) electrons. The van der Waals surface area contributed by atoms with Gasteiger partial charge in [0, 0.05) is 70.5 Å². The average molecular weight is 513 g/mol. The standard InChI is InChI=1S/C24H29ClN8O3/c1-26-21(34)14-36-20-10-15-9-16(3-4-19(15)31(2)23(20)35)29-22-18(25)12-28-24(30-22)33-8-7-32-6-5-27-11-17(32)13-33/h3-4,9-10,12,17,27H,5-8,11,13-14H2,1-2H3,(H,26,34)(H,28,29,30). The first-order valence-corrected chi connectivity index (χ1v) is 12.3. The number of hydrogen-bond acceptors (Lipinski definition) is 9. The smallest absolute Gasteiger partial charge is 0.293 e. The number of nitrogens with one attached hydrogen (secondary N) is 3. The predicted octanol–water partition coefficient (Wildman–Crippen LogP) is 0.944. The molecule has 2 aliphatic rings. The molecule has 1 unspecified atom stereocenters. The number of aryl methyl sites for hydroxylation is 1. The van der Waals surface area contributed by atoms with Crippen molar-refractivity contribution in [1.82, 2.24) is 30.1 Å². The van der Waals surface area contributed by atoms with E-state index in [-0.39, 0.29) is 23.8 Å². The minimum atomic E-state index is -0.317. The number of pyridine rings is 1. The number of anilines is 3. The molecule has 36 heavy (non-hydrogen) atoms. The predicted molar refractivity (Wildman–Crippen MR) is 140 cm³/mol. The van der Waals surface area contributed by atoms with Gasteiger partial charge >= 0.3 is 0 Å². The number of hydrogen-bond donors (Lipinski definition) is 3. The Labute approximate surface area is 213 Å². The van der Waals surface area contributed by atoms with E-state index in [4.69, 9.17) is 21.3 Å². The lowest BCUT2D eigenvalue weighted by molar-refractivity contribution is -0.122. The number of piperazine rings is 2. The zero-order valence-electron chi connectivity index (χ0n) is 20.3. The molecule has 4 heterocycles. The highest BCUT2D eigenvalue weighted by Crippen LogP contribution is 2.28. The van der Waals surface area contributed by atoms with Gasteiger partial charge in [-0.25, -0.2) is 4.98 Å². The van der Waals surface area contributed by atoms with Crippen LogP contribution < -0.4 is 31.1 Å². The number of nitrogens with zero attached hydrogens (tertiary/aromatic N) is 5. The van der Waals surface area contributed by atoms with Crippen molar-refractivity contribution in [1.29, 1.82) is 0 Å². The molecule has 0 saturated carbocycles. The molecule has 1 aromatic carbocycles. The highest BCUT2D eigenvalue weighted by molar-refractivity contribution is 6.32. The quantitative estimate of drug-likeness (QED) is 0.443. The number of ether oxygens (including phenoxy) is 1. The zero-order valence-corrected chi connectivity index (χ0v) is 21.0. The fourth-order valence-corrected chi connectivity index (χ4v) is 4.78. The lowest BCUT2D eigenvalue weighted by Gasteiger charge is -2.44. The van der Waals surface area contributed by atoms with Gasteiger partial charge in [-0.1, -0.05) is 11.6 Å². The number of fused-ring (bicyclic) bond motifs is 2. The minimum absolute atomic E-state index is 0.101. The molecule has 3 aromatic rings. The summed E-state index contributed by atoms with van der Waals surface area (Å²) >= 11 is 6.44. The Kier molecular flexibility index (Phi) is 6.95. The van der Waals surface area contributed by atoms with Crippen molar-refractivity contribution in [2.75, 3.05) is 63.1 Å². The zero-order chi connectivity index (χ0) is 25.2. The molecule has 12 heteroatoms. The van der Waals surface area contributed by atoms with Crippen LogP contribution in [0.1, 0.15) is 0 Å². The van der Waals surface area contributed by atoms with Crippen molar-refractivity contribution in [3.8, 4) is 5.75 Å². The highest BCUT2D eigenvalue weighted by Gasteiger charge is 2.30. The van der Waals surface area contributed by atoms with Crippen LogP contribution in [0.25, 0.3) is 10.9 Å². The summed E-state index contributed by atoms with van der Waals surface area (Å²) in [5, 5.41) is 10.4. The average Bonchev–Trinajstić information content (AvgIpc) is 2.90. The summed E-state index contributed by atoms with van der Waals surface area (Å²) in [7, 11) is 3.18. The van der Waals surface area contributed by atoms with Crippen molar-refractivity contribution in [2.24, 2.45) is 7.05 Å². The Balaban J connectivity index is 1.38. The molecule has 0 bridgehead atoms. The maximum Gasteiger partial charge on any atom is 0.293 e. The van der Waals surface area contributed by atoms with Crippen molar-refractivity contribution in [3.05, 3.63) is 45.8 Å². The Morgan fingerprint density at radius 3 is 2.97 bits per heavy atom. The van der Waals surface area contributed by atoms with Gasteiger partial charge < -0.3 is 30.2 Å². The second-order valence-corrected chi connectivity index (χ2v) is 9.35. The highest BCUT2D eigenvalue weighted by atomic mass is 35.5. The summed E-state index contributed by atoms with van der Waals surface area (Å²) in [5.74, 6) is 0.929. The summed E-state index contributed by atoms with van der Waals surface area (Å²) in [6.07, 6.45) is 1.62. The van der Waals surface area contributed by atoms with Crippen LogP contribution >= 0.6 is 11.6 Å². The number of halogens is 1. The van der Waals surface area contributed by atoms with Gasteiger partial charge in [0.2, 0.25) is 5.95 Å². The topological polar surface area (TPSA) is 117 Å². The van der Waals surface area contributed by atoms with Crippen molar-refractivity contribution >= 4 is 45.9 Å². The number of aromatic nitrogens is 3. The summed E-state index contributed by atoms with van der Waals surface area (Å²) in [4.78, 5) is 38.1. The molecule has 2 aromatic heterocycles. The van der Waals surface area contributed by atoms with E-state index in [2.05, 4.69) is 30.7 Å². The number of benzene rings is 1.